The Kier molecular flexibility index (Phi) is 10.8. The van der Waals surface area contributed by atoms with Crippen molar-refractivity contribution in [3.8, 4) is 5.75 Å². The van der Waals surface area contributed by atoms with Gasteiger partial charge in [-0.1, -0.05) is 44.2 Å². The number of rotatable bonds is 14. The van der Waals surface area contributed by atoms with Crippen molar-refractivity contribution in [1.82, 2.24) is 14.4 Å². The van der Waals surface area contributed by atoms with Gasteiger partial charge in [-0.15, -0.1) is 0 Å². The van der Waals surface area contributed by atoms with Crippen LogP contribution in [0.15, 0.2) is 72.9 Å². The molecular formula is C30H39N3O4. The first-order chi connectivity index (χ1) is 17.9. The average Bonchev–Trinajstić information content (AvgIpc) is 3.35. The Morgan fingerprint density at radius 1 is 0.892 bits per heavy atom. The van der Waals surface area contributed by atoms with E-state index >= 15 is 0 Å². The van der Waals surface area contributed by atoms with Crippen molar-refractivity contribution in [2.45, 2.75) is 33.4 Å². The quantitative estimate of drug-likeness (QED) is 0.318. The summed E-state index contributed by atoms with van der Waals surface area (Å²) in [7, 11) is 3.22. The third-order valence-electron chi connectivity index (χ3n) is 6.32. The number of aromatic nitrogens is 1. The monoisotopic (exact) mass is 505 g/mol. The fourth-order valence-electron chi connectivity index (χ4n) is 4.06. The van der Waals surface area contributed by atoms with Gasteiger partial charge in [-0.25, -0.2) is 0 Å². The number of hydrogen-bond acceptors (Lipinski definition) is 4. The Labute approximate surface area is 220 Å². The maximum Gasteiger partial charge on any atom is 0.254 e. The number of nitrogens with zero attached hydrogens (tertiary/aromatic N) is 3. The maximum absolute atomic E-state index is 13.6. The lowest BCUT2D eigenvalue weighted by atomic mass is 10.1. The van der Waals surface area contributed by atoms with E-state index in [1.807, 2.05) is 36.5 Å². The molecule has 0 saturated heterocycles. The fourth-order valence-corrected chi connectivity index (χ4v) is 4.06. The van der Waals surface area contributed by atoms with Crippen LogP contribution in [0, 0.1) is 5.92 Å². The number of carbonyl (C=O) groups is 2. The summed E-state index contributed by atoms with van der Waals surface area (Å²) in [6, 6.07) is 21.3. The minimum absolute atomic E-state index is 0.0146. The van der Waals surface area contributed by atoms with E-state index in [2.05, 4.69) is 30.5 Å². The van der Waals surface area contributed by atoms with Gasteiger partial charge in [-0.05, 0) is 54.3 Å². The van der Waals surface area contributed by atoms with Crippen LogP contribution in [0.4, 0.5) is 0 Å². The first-order valence-corrected chi connectivity index (χ1v) is 12.8. The molecule has 0 atom stereocenters. The molecule has 2 aromatic carbocycles. The highest BCUT2D eigenvalue weighted by molar-refractivity contribution is 5.96. The van der Waals surface area contributed by atoms with Gasteiger partial charge in [0, 0.05) is 44.2 Å². The summed E-state index contributed by atoms with van der Waals surface area (Å²) < 4.78 is 12.7. The molecule has 0 saturated carbocycles. The van der Waals surface area contributed by atoms with Crippen molar-refractivity contribution in [3.63, 3.8) is 0 Å². The molecule has 2 amide bonds. The van der Waals surface area contributed by atoms with Crippen molar-refractivity contribution < 1.29 is 19.1 Å². The highest BCUT2D eigenvalue weighted by Crippen LogP contribution is 2.16. The SMILES string of the molecule is COCCN(Cc1cccn1Cc1ccccc1)C(=O)CN(CCC(C)C)C(=O)c1ccc(OC)cc1. The highest BCUT2D eigenvalue weighted by atomic mass is 16.5. The average molecular weight is 506 g/mol. The van der Waals surface area contributed by atoms with Gasteiger partial charge in [0.1, 0.15) is 12.3 Å². The van der Waals surface area contributed by atoms with Gasteiger partial charge in [0.05, 0.1) is 20.3 Å². The van der Waals surface area contributed by atoms with Crippen LogP contribution < -0.4 is 4.74 Å². The molecule has 0 bridgehead atoms. The summed E-state index contributed by atoms with van der Waals surface area (Å²) in [5.74, 6) is 0.837. The Morgan fingerprint density at radius 2 is 1.62 bits per heavy atom. The van der Waals surface area contributed by atoms with Crippen LogP contribution in [0.1, 0.15) is 41.9 Å². The third kappa shape index (κ3) is 8.50. The van der Waals surface area contributed by atoms with Crippen LogP contribution in [-0.2, 0) is 22.6 Å². The molecule has 1 heterocycles. The maximum atomic E-state index is 13.6. The summed E-state index contributed by atoms with van der Waals surface area (Å²) in [5, 5.41) is 0. The molecule has 0 aliphatic carbocycles. The zero-order valence-electron chi connectivity index (χ0n) is 22.4. The van der Waals surface area contributed by atoms with Gasteiger partial charge in [0.15, 0.2) is 0 Å². The fraction of sp³-hybridized carbons (Fsp3) is 0.400. The number of ether oxygens (including phenoxy) is 2. The van der Waals surface area contributed by atoms with Gasteiger partial charge >= 0.3 is 0 Å². The smallest absolute Gasteiger partial charge is 0.254 e. The van der Waals surface area contributed by atoms with E-state index in [1.165, 1.54) is 5.56 Å². The summed E-state index contributed by atoms with van der Waals surface area (Å²) in [6.07, 6.45) is 2.84. The van der Waals surface area contributed by atoms with Crippen LogP contribution in [0.5, 0.6) is 5.75 Å². The van der Waals surface area contributed by atoms with Crippen LogP contribution >= 0.6 is 0 Å². The first kappa shape index (κ1) is 28.0. The Morgan fingerprint density at radius 3 is 2.27 bits per heavy atom. The number of carbonyl (C=O) groups excluding carboxylic acids is 2. The van der Waals surface area contributed by atoms with E-state index in [0.717, 1.165) is 18.7 Å². The number of hydrogen-bond donors (Lipinski definition) is 0. The van der Waals surface area contributed by atoms with E-state index in [9.17, 15) is 9.59 Å². The molecule has 7 heteroatoms. The molecular weight excluding hydrogens is 466 g/mol. The van der Waals surface area contributed by atoms with E-state index in [-0.39, 0.29) is 18.4 Å². The van der Waals surface area contributed by atoms with E-state index < -0.39 is 0 Å². The number of benzene rings is 2. The van der Waals surface area contributed by atoms with Crippen molar-refractivity contribution in [2.24, 2.45) is 5.92 Å². The predicted octanol–water partition coefficient (Wildman–Crippen LogP) is 4.71. The summed E-state index contributed by atoms with van der Waals surface area (Å²) in [5.41, 5.74) is 2.76. The minimum atomic E-state index is -0.157. The molecule has 0 spiro atoms. The lowest BCUT2D eigenvalue weighted by Gasteiger charge is -2.28. The minimum Gasteiger partial charge on any atom is -0.497 e. The van der Waals surface area contributed by atoms with E-state index in [4.69, 9.17) is 9.47 Å². The number of amides is 2. The largest absolute Gasteiger partial charge is 0.497 e. The van der Waals surface area contributed by atoms with Gasteiger partial charge in [0.2, 0.25) is 5.91 Å². The first-order valence-electron chi connectivity index (χ1n) is 12.8. The third-order valence-corrected chi connectivity index (χ3v) is 6.32. The molecule has 0 fully saturated rings. The molecule has 0 N–H and O–H groups in total. The topological polar surface area (TPSA) is 64.0 Å². The van der Waals surface area contributed by atoms with Crippen molar-refractivity contribution in [1.29, 1.82) is 0 Å². The summed E-state index contributed by atoms with van der Waals surface area (Å²) in [6.45, 7) is 6.79. The zero-order chi connectivity index (χ0) is 26.6. The van der Waals surface area contributed by atoms with Crippen molar-refractivity contribution in [2.75, 3.05) is 40.5 Å². The summed E-state index contributed by atoms with van der Waals surface area (Å²) in [4.78, 5) is 30.4. The van der Waals surface area contributed by atoms with Crippen molar-refractivity contribution in [3.05, 3.63) is 89.7 Å². The molecule has 1 aromatic heterocycles. The molecule has 0 unspecified atom stereocenters. The van der Waals surface area contributed by atoms with Gasteiger partial charge in [-0.2, -0.15) is 0 Å². The molecule has 0 radical (unpaired) electrons. The van der Waals surface area contributed by atoms with E-state index in [0.29, 0.717) is 43.5 Å². The molecule has 37 heavy (non-hydrogen) atoms. The lowest BCUT2D eigenvalue weighted by Crippen LogP contribution is -2.44. The van der Waals surface area contributed by atoms with E-state index in [1.54, 1.807) is 48.3 Å². The molecule has 198 valence electrons. The molecule has 3 rings (SSSR count). The molecule has 0 aliphatic heterocycles. The normalized spacial score (nSPS) is 10.9. The predicted molar refractivity (Wildman–Crippen MR) is 146 cm³/mol. The Bertz CT molecular complexity index is 1110. The van der Waals surface area contributed by atoms with Gasteiger partial charge in [0.25, 0.3) is 5.91 Å². The lowest BCUT2D eigenvalue weighted by molar-refractivity contribution is -0.133. The molecule has 7 nitrogen and oxygen atoms in total. The second kappa shape index (κ2) is 14.2. The van der Waals surface area contributed by atoms with Crippen LogP contribution in [0.3, 0.4) is 0 Å². The number of methoxy groups -OCH3 is 2. The summed E-state index contributed by atoms with van der Waals surface area (Å²) >= 11 is 0. The standard InChI is InChI=1S/C30H39N3O4/c1-24(2)16-18-33(30(35)26-12-14-28(37-4)15-13-26)23-29(34)32(19-20-36-3)22-27-11-8-17-31(27)21-25-9-6-5-7-10-25/h5-15,17,24H,16,18-23H2,1-4H3. The highest BCUT2D eigenvalue weighted by Gasteiger charge is 2.23. The van der Waals surface area contributed by atoms with Gasteiger partial charge < -0.3 is 23.8 Å². The zero-order valence-corrected chi connectivity index (χ0v) is 22.4. The Balaban J connectivity index is 1.76. The second-order valence-electron chi connectivity index (χ2n) is 9.56. The van der Waals surface area contributed by atoms with Crippen LogP contribution in [0.25, 0.3) is 0 Å². The second-order valence-corrected chi connectivity index (χ2v) is 9.56. The van der Waals surface area contributed by atoms with Crippen LogP contribution in [0.2, 0.25) is 0 Å². The van der Waals surface area contributed by atoms with Crippen LogP contribution in [-0.4, -0.2) is 66.6 Å². The van der Waals surface area contributed by atoms with Gasteiger partial charge in [-0.3, -0.25) is 9.59 Å². The molecule has 3 aromatic rings. The van der Waals surface area contributed by atoms with Crippen molar-refractivity contribution >= 4 is 11.8 Å². The molecule has 0 aliphatic rings. The Hall–Kier alpha value is -3.58.